The molecule has 12 nitrogen and oxygen atoms in total. The van der Waals surface area contributed by atoms with Crippen molar-refractivity contribution in [3.05, 3.63) is 165 Å². The molecule has 0 bridgehead atoms. The molecule has 2 fully saturated rings. The average Bonchev–Trinajstić information content (AvgIpc) is 3.93. The Bertz CT molecular complexity index is 2800. The highest BCUT2D eigenvalue weighted by atomic mass is 16.7. The summed E-state index contributed by atoms with van der Waals surface area (Å²) in [4.78, 5) is 35.1. The van der Waals surface area contributed by atoms with Crippen molar-refractivity contribution >= 4 is 28.1 Å². The maximum absolute atomic E-state index is 15.6. The van der Waals surface area contributed by atoms with Gasteiger partial charge in [-0.25, -0.2) is 0 Å². The number of rotatable bonds is 23. The number of hydrogen-bond acceptors (Lipinski definition) is 10. The maximum Gasteiger partial charge on any atom is 0.269 e. The molecule has 0 saturated heterocycles. The molecule has 4 aliphatic rings. The summed E-state index contributed by atoms with van der Waals surface area (Å²) in [6, 6.07) is 32.3. The topological polar surface area (TPSA) is 153 Å². The molecule has 0 unspecified atom stereocenters. The van der Waals surface area contributed by atoms with Crippen LogP contribution < -0.4 is 9.47 Å². The van der Waals surface area contributed by atoms with Crippen molar-refractivity contribution in [3.8, 4) is 17.2 Å². The fraction of sp³-hybridized carbons (Fsp3) is 0.443. The average molecular weight is 990 g/mol. The van der Waals surface area contributed by atoms with E-state index in [1.165, 1.54) is 30.5 Å². The lowest BCUT2D eigenvalue weighted by molar-refractivity contribution is -0.384. The highest BCUT2D eigenvalue weighted by Gasteiger charge is 2.65. The number of carbonyl (C=O) groups excluding carboxylic acids is 1. The summed E-state index contributed by atoms with van der Waals surface area (Å²) in [5, 5.41) is 39.0. The number of amides is 1. The van der Waals surface area contributed by atoms with Gasteiger partial charge in [-0.2, -0.15) is 0 Å². The van der Waals surface area contributed by atoms with Crippen LogP contribution in [0.1, 0.15) is 117 Å². The van der Waals surface area contributed by atoms with E-state index in [0.717, 1.165) is 89.3 Å². The number of aryl methyl sites for hydroxylation is 2. The minimum Gasteiger partial charge on any atom is -0.459 e. The van der Waals surface area contributed by atoms with E-state index in [2.05, 4.69) is 75.0 Å². The lowest BCUT2D eigenvalue weighted by atomic mass is 9.55. The molecule has 1 aliphatic heterocycles. The molecule has 5 aromatic rings. The first kappa shape index (κ1) is 51.6. The van der Waals surface area contributed by atoms with E-state index in [-0.39, 0.29) is 62.2 Å². The van der Waals surface area contributed by atoms with E-state index in [0.29, 0.717) is 48.9 Å². The zero-order valence-corrected chi connectivity index (χ0v) is 42.5. The zero-order valence-electron chi connectivity index (χ0n) is 42.5. The molecule has 384 valence electrons. The van der Waals surface area contributed by atoms with Gasteiger partial charge in [0.25, 0.3) is 5.69 Å². The largest absolute Gasteiger partial charge is 0.459 e. The molecule has 0 spiro atoms. The van der Waals surface area contributed by atoms with Crippen LogP contribution in [0.4, 0.5) is 5.69 Å². The Morgan fingerprint density at radius 1 is 0.890 bits per heavy atom. The molecule has 2 saturated carbocycles. The molecular formula is C61H71N3O9. The monoisotopic (exact) mass is 990 g/mol. The van der Waals surface area contributed by atoms with Crippen molar-refractivity contribution in [1.29, 1.82) is 0 Å². The van der Waals surface area contributed by atoms with Gasteiger partial charge in [-0.1, -0.05) is 104 Å². The Morgan fingerprint density at radius 3 is 2.38 bits per heavy atom. The smallest absolute Gasteiger partial charge is 0.269 e. The van der Waals surface area contributed by atoms with Gasteiger partial charge in [0, 0.05) is 56.2 Å². The lowest BCUT2D eigenvalue weighted by Crippen LogP contribution is -2.70. The van der Waals surface area contributed by atoms with Gasteiger partial charge in [0.15, 0.2) is 0 Å². The van der Waals surface area contributed by atoms with Gasteiger partial charge < -0.3 is 34.2 Å². The lowest BCUT2D eigenvalue weighted by Gasteiger charge is -2.60. The Morgan fingerprint density at radius 2 is 1.63 bits per heavy atom. The molecule has 0 radical (unpaired) electrons. The molecule has 12 heteroatoms. The second kappa shape index (κ2) is 23.7. The number of nitro benzene ring substituents is 1. The minimum atomic E-state index is -1.44. The standard InChI is InChI=1S/C61H71N3O9/c1-4-34-70-61-57(63(58(67)31-25-43-14-5-6-15-43)39-47-19-13-18-45-16-7-8-20-51(45)47)38-55(62-71-40-44-23-26-48(27-24-44)64(68)69)53-36-46(17-9-11-32-65)52(21-10-12-33-66)59(60(53)61)54-37-50(29-30-56(54)73-61)72-49-28-22-41(2)42(3)35-49/h4,7-8,13,16,18-20,22-24,26-30,35-37,43,46,52,57,59-60,65-66H,1,5-6,9-12,14-15,17,21,25,31-34,38-40H2,2-3H3/t46-,52+,57-,59+,60+,61+/m0/s1. The van der Waals surface area contributed by atoms with Crippen LogP contribution in [0.15, 0.2) is 133 Å². The van der Waals surface area contributed by atoms with E-state index in [1.54, 1.807) is 18.2 Å². The zero-order chi connectivity index (χ0) is 50.9. The molecule has 1 heterocycles. The summed E-state index contributed by atoms with van der Waals surface area (Å²) in [7, 11) is 0. The van der Waals surface area contributed by atoms with Crippen molar-refractivity contribution in [2.75, 3.05) is 19.8 Å². The van der Waals surface area contributed by atoms with Crippen LogP contribution in [-0.4, -0.2) is 63.3 Å². The third-order valence-corrected chi connectivity index (χ3v) is 16.1. The predicted molar refractivity (Wildman–Crippen MR) is 285 cm³/mol. The molecule has 3 aliphatic carbocycles. The number of ether oxygens (including phenoxy) is 3. The van der Waals surface area contributed by atoms with Crippen LogP contribution in [0.2, 0.25) is 0 Å². The first-order chi connectivity index (χ1) is 35.6. The normalized spacial score (nSPS) is 22.8. The molecule has 5 aromatic carbocycles. The molecule has 6 atom stereocenters. The molecule has 2 N–H and O–H groups in total. The summed E-state index contributed by atoms with van der Waals surface area (Å²) in [6.07, 6.45) is 14.6. The van der Waals surface area contributed by atoms with Crippen LogP contribution in [0, 0.1) is 47.6 Å². The number of unbranched alkanes of at least 4 members (excludes halogenated alkanes) is 2. The molecule has 0 aromatic heterocycles. The number of non-ortho nitro benzene ring substituents is 1. The van der Waals surface area contributed by atoms with E-state index in [4.69, 9.17) is 24.2 Å². The second-order valence-electron chi connectivity index (χ2n) is 20.7. The first-order valence-electron chi connectivity index (χ1n) is 26.6. The van der Waals surface area contributed by atoms with E-state index in [9.17, 15) is 20.3 Å². The summed E-state index contributed by atoms with van der Waals surface area (Å²) in [6.45, 7) is 8.97. The van der Waals surface area contributed by atoms with Crippen molar-refractivity contribution in [1.82, 2.24) is 4.90 Å². The van der Waals surface area contributed by atoms with Crippen molar-refractivity contribution in [2.45, 2.75) is 128 Å². The number of carbonyl (C=O) groups is 1. The number of benzene rings is 5. The van der Waals surface area contributed by atoms with Crippen molar-refractivity contribution < 1.29 is 39.0 Å². The van der Waals surface area contributed by atoms with Crippen molar-refractivity contribution in [3.63, 3.8) is 0 Å². The number of allylic oxidation sites excluding steroid dienone is 1. The first-order valence-corrected chi connectivity index (χ1v) is 26.6. The SMILES string of the molecule is C=CCO[C@@]12Oc3ccc(Oc4ccc(C)c(C)c4)cc3[C@H]3[C@H](CCCCO)[C@@H](CCCCO)C=C(C(=NOCc4ccc([N+](=O)[O-])cc4)C[C@@H]1N(Cc1cccc4ccccc14)C(=O)CCC1CCCC1)[C@H]32. The predicted octanol–water partition coefficient (Wildman–Crippen LogP) is 13.0. The molecule has 1 amide bonds. The van der Waals surface area contributed by atoms with Gasteiger partial charge in [-0.15, -0.1) is 6.58 Å². The van der Waals surface area contributed by atoms with Gasteiger partial charge in [-0.05, 0) is 145 Å². The van der Waals surface area contributed by atoms with Gasteiger partial charge in [0.05, 0.1) is 23.2 Å². The third kappa shape index (κ3) is 11.4. The van der Waals surface area contributed by atoms with Crippen LogP contribution in [0.25, 0.3) is 10.8 Å². The fourth-order valence-electron chi connectivity index (χ4n) is 12.3. The highest BCUT2D eigenvalue weighted by Crippen LogP contribution is 2.62. The minimum absolute atomic E-state index is 0.00997. The van der Waals surface area contributed by atoms with Gasteiger partial charge in [0.2, 0.25) is 11.7 Å². The summed E-state index contributed by atoms with van der Waals surface area (Å²) < 4.78 is 21.6. The Labute approximate surface area is 429 Å². The number of aliphatic hydroxyl groups excluding tert-OH is 2. The van der Waals surface area contributed by atoms with Crippen LogP contribution in [0.3, 0.4) is 0 Å². The summed E-state index contributed by atoms with van der Waals surface area (Å²) in [5.74, 6) is 0.419. The number of nitro groups is 1. The number of nitrogens with zero attached hydrogens (tertiary/aromatic N) is 3. The third-order valence-electron chi connectivity index (χ3n) is 16.1. The number of fused-ring (bicyclic) bond motifs is 3. The summed E-state index contributed by atoms with van der Waals surface area (Å²) >= 11 is 0. The van der Waals surface area contributed by atoms with Crippen LogP contribution in [-0.2, 0) is 27.5 Å². The summed E-state index contributed by atoms with van der Waals surface area (Å²) in [5.41, 5.74) is 6.60. The van der Waals surface area contributed by atoms with E-state index in [1.807, 2.05) is 35.2 Å². The molecule has 73 heavy (non-hydrogen) atoms. The van der Waals surface area contributed by atoms with Crippen LogP contribution in [0.5, 0.6) is 17.2 Å². The van der Waals surface area contributed by atoms with Gasteiger partial charge in [-0.3, -0.25) is 14.9 Å². The maximum atomic E-state index is 15.6. The van der Waals surface area contributed by atoms with Crippen molar-refractivity contribution in [2.24, 2.45) is 28.8 Å². The second-order valence-corrected chi connectivity index (χ2v) is 20.7. The van der Waals surface area contributed by atoms with Crippen LogP contribution >= 0.6 is 0 Å². The molecular weight excluding hydrogens is 919 g/mol. The Kier molecular flexibility index (Phi) is 16.7. The quantitative estimate of drug-likeness (QED) is 0.0282. The van der Waals surface area contributed by atoms with Gasteiger partial charge in [0.1, 0.15) is 29.9 Å². The van der Waals surface area contributed by atoms with Gasteiger partial charge >= 0.3 is 0 Å². The van der Waals surface area contributed by atoms with E-state index >= 15 is 4.79 Å². The number of oxime groups is 1. The fourth-order valence-corrected chi connectivity index (χ4v) is 12.3. The highest BCUT2D eigenvalue weighted by molar-refractivity contribution is 6.03. The Balaban J connectivity index is 1.24. The number of hydrogen-bond donors (Lipinski definition) is 2. The van der Waals surface area contributed by atoms with E-state index < -0.39 is 22.7 Å². The molecule has 9 rings (SSSR count). The Hall–Kier alpha value is -6.34. The number of aliphatic hydroxyl groups is 2.